The van der Waals surface area contributed by atoms with Crippen molar-refractivity contribution in [1.82, 2.24) is 0 Å². The summed E-state index contributed by atoms with van der Waals surface area (Å²) in [6.45, 7) is 6.72. The summed E-state index contributed by atoms with van der Waals surface area (Å²) in [6.07, 6.45) is 4.02. The van der Waals surface area contributed by atoms with Gasteiger partial charge in [0.1, 0.15) is 0 Å². The summed E-state index contributed by atoms with van der Waals surface area (Å²) in [5.74, 6) is 0. The van der Waals surface area contributed by atoms with Gasteiger partial charge in [0.2, 0.25) is 0 Å². The van der Waals surface area contributed by atoms with Crippen molar-refractivity contribution in [2.45, 2.75) is 33.1 Å². The molecule has 0 radical (unpaired) electrons. The van der Waals surface area contributed by atoms with Crippen LogP contribution in [0.1, 0.15) is 30.4 Å². The van der Waals surface area contributed by atoms with Gasteiger partial charge in [0.25, 0.3) is 0 Å². The molecule has 0 aliphatic carbocycles. The van der Waals surface area contributed by atoms with Crippen LogP contribution >= 0.6 is 0 Å². The van der Waals surface area contributed by atoms with Crippen molar-refractivity contribution in [2.24, 2.45) is 0 Å². The predicted octanol–water partition coefficient (Wildman–Crippen LogP) is 4.96. The van der Waals surface area contributed by atoms with Crippen molar-refractivity contribution >= 4 is 5.69 Å². The van der Waals surface area contributed by atoms with E-state index in [0.717, 1.165) is 0 Å². The lowest BCUT2D eigenvalue weighted by Gasteiger charge is -2.31. The molecule has 104 valence electrons. The predicted molar refractivity (Wildman–Crippen MR) is 87.4 cm³/mol. The Bertz CT molecular complexity index is 577. The Morgan fingerprint density at radius 3 is 2.10 bits per heavy atom. The largest absolute Gasteiger partial charge is 0.371 e. The van der Waals surface area contributed by atoms with Gasteiger partial charge in [-0.3, -0.25) is 0 Å². The molecule has 0 spiro atoms. The third kappa shape index (κ3) is 2.72. The van der Waals surface area contributed by atoms with Gasteiger partial charge < -0.3 is 4.90 Å². The molecule has 1 aliphatic rings. The van der Waals surface area contributed by atoms with E-state index < -0.39 is 0 Å². The number of aryl methyl sites for hydroxylation is 2. The van der Waals surface area contributed by atoms with Crippen LogP contribution in [0.25, 0.3) is 11.1 Å². The highest BCUT2D eigenvalue weighted by Crippen LogP contribution is 2.33. The maximum atomic E-state index is 2.55. The molecule has 20 heavy (non-hydrogen) atoms. The van der Waals surface area contributed by atoms with Crippen molar-refractivity contribution in [3.8, 4) is 11.1 Å². The molecule has 1 fully saturated rings. The maximum Gasteiger partial charge on any atom is 0.0446 e. The van der Waals surface area contributed by atoms with Gasteiger partial charge >= 0.3 is 0 Å². The molecule has 3 rings (SSSR count). The Kier molecular flexibility index (Phi) is 3.77. The smallest absolute Gasteiger partial charge is 0.0446 e. The Labute approximate surface area is 122 Å². The Morgan fingerprint density at radius 1 is 0.750 bits per heavy atom. The zero-order valence-electron chi connectivity index (χ0n) is 12.5. The third-order valence-corrected chi connectivity index (χ3v) is 4.21. The summed E-state index contributed by atoms with van der Waals surface area (Å²) in [6, 6.07) is 15.8. The maximum absolute atomic E-state index is 2.55. The van der Waals surface area contributed by atoms with E-state index in [-0.39, 0.29) is 0 Å². The molecule has 1 heterocycles. The molecule has 1 heteroatoms. The van der Waals surface area contributed by atoms with E-state index in [0.29, 0.717) is 0 Å². The standard InChI is InChI=1S/C19H23N/c1-15-6-9-17(10-7-15)18-14-16(2)8-11-19(18)20-12-4-3-5-13-20/h6-11,14H,3-5,12-13H2,1-2H3. The molecule has 0 aromatic heterocycles. The lowest BCUT2D eigenvalue weighted by molar-refractivity contribution is 0.578. The van der Waals surface area contributed by atoms with E-state index in [2.05, 4.69) is 61.2 Å². The van der Waals surface area contributed by atoms with Crippen molar-refractivity contribution in [3.63, 3.8) is 0 Å². The number of nitrogens with zero attached hydrogens (tertiary/aromatic N) is 1. The summed E-state index contributed by atoms with van der Waals surface area (Å²) in [7, 11) is 0. The van der Waals surface area contributed by atoms with Crippen molar-refractivity contribution in [3.05, 3.63) is 53.6 Å². The second-order valence-electron chi connectivity index (χ2n) is 5.93. The molecule has 1 nitrogen and oxygen atoms in total. The Morgan fingerprint density at radius 2 is 1.40 bits per heavy atom. The van der Waals surface area contributed by atoms with Gasteiger partial charge in [-0.2, -0.15) is 0 Å². The average molecular weight is 265 g/mol. The van der Waals surface area contributed by atoms with Gasteiger partial charge in [0.05, 0.1) is 0 Å². The molecule has 0 atom stereocenters. The summed E-state index contributed by atoms with van der Waals surface area (Å²) in [4.78, 5) is 2.55. The minimum absolute atomic E-state index is 1.20. The van der Waals surface area contributed by atoms with Gasteiger partial charge in [-0.15, -0.1) is 0 Å². The second kappa shape index (κ2) is 5.70. The zero-order valence-corrected chi connectivity index (χ0v) is 12.5. The molecule has 0 N–H and O–H groups in total. The van der Waals surface area contributed by atoms with Crippen LogP contribution in [-0.4, -0.2) is 13.1 Å². The van der Waals surface area contributed by atoms with Crippen molar-refractivity contribution in [2.75, 3.05) is 18.0 Å². The quantitative estimate of drug-likeness (QED) is 0.741. The minimum Gasteiger partial charge on any atom is -0.371 e. The highest BCUT2D eigenvalue weighted by atomic mass is 15.1. The fraction of sp³-hybridized carbons (Fsp3) is 0.368. The molecule has 0 unspecified atom stereocenters. The van der Waals surface area contributed by atoms with E-state index in [1.165, 1.54) is 60.3 Å². The van der Waals surface area contributed by atoms with Gasteiger partial charge in [-0.1, -0.05) is 41.5 Å². The highest BCUT2D eigenvalue weighted by Gasteiger charge is 2.15. The fourth-order valence-electron chi connectivity index (χ4n) is 3.02. The molecule has 2 aromatic rings. The van der Waals surface area contributed by atoms with Crippen molar-refractivity contribution < 1.29 is 0 Å². The van der Waals surface area contributed by atoms with E-state index >= 15 is 0 Å². The van der Waals surface area contributed by atoms with Crippen LogP contribution in [0.15, 0.2) is 42.5 Å². The first-order chi connectivity index (χ1) is 9.74. The topological polar surface area (TPSA) is 3.24 Å². The van der Waals surface area contributed by atoms with E-state index in [1.54, 1.807) is 0 Å². The summed E-state index contributed by atoms with van der Waals surface area (Å²) >= 11 is 0. The highest BCUT2D eigenvalue weighted by molar-refractivity contribution is 5.79. The molecule has 0 bridgehead atoms. The Hall–Kier alpha value is -1.76. The van der Waals surface area contributed by atoms with Gasteiger partial charge in [-0.25, -0.2) is 0 Å². The summed E-state index contributed by atoms with van der Waals surface area (Å²) < 4.78 is 0. The number of piperidine rings is 1. The van der Waals surface area contributed by atoms with Crippen molar-refractivity contribution in [1.29, 1.82) is 0 Å². The number of anilines is 1. The molecular formula is C19H23N. The Balaban J connectivity index is 2.03. The van der Waals surface area contributed by atoms with E-state index in [4.69, 9.17) is 0 Å². The number of benzene rings is 2. The number of hydrogen-bond donors (Lipinski definition) is 0. The van der Waals surface area contributed by atoms with Crippen LogP contribution in [0, 0.1) is 13.8 Å². The lowest BCUT2D eigenvalue weighted by Crippen LogP contribution is -2.29. The van der Waals surface area contributed by atoms with E-state index in [9.17, 15) is 0 Å². The van der Waals surface area contributed by atoms with Gasteiger partial charge in [-0.05, 0) is 50.8 Å². The van der Waals surface area contributed by atoms with Gasteiger partial charge in [0, 0.05) is 24.3 Å². The summed E-state index contributed by atoms with van der Waals surface area (Å²) in [5.41, 5.74) is 6.77. The third-order valence-electron chi connectivity index (χ3n) is 4.21. The van der Waals surface area contributed by atoms with E-state index in [1.807, 2.05) is 0 Å². The molecule has 2 aromatic carbocycles. The molecular weight excluding hydrogens is 242 g/mol. The average Bonchev–Trinajstić information content (AvgIpc) is 2.49. The normalized spacial score (nSPS) is 15.4. The minimum atomic E-state index is 1.20. The molecule has 0 saturated carbocycles. The molecule has 1 saturated heterocycles. The first-order valence-electron chi connectivity index (χ1n) is 7.67. The van der Waals surface area contributed by atoms with Crippen LogP contribution in [0.5, 0.6) is 0 Å². The lowest BCUT2D eigenvalue weighted by atomic mass is 9.98. The molecule has 0 amide bonds. The van der Waals surface area contributed by atoms with Crippen LogP contribution in [0.2, 0.25) is 0 Å². The zero-order chi connectivity index (χ0) is 13.9. The first-order valence-corrected chi connectivity index (χ1v) is 7.67. The van der Waals surface area contributed by atoms with Crippen LogP contribution in [0.3, 0.4) is 0 Å². The van der Waals surface area contributed by atoms with Crippen LogP contribution in [-0.2, 0) is 0 Å². The first kappa shape index (κ1) is 13.2. The van der Waals surface area contributed by atoms with Crippen LogP contribution < -0.4 is 4.90 Å². The fourth-order valence-corrected chi connectivity index (χ4v) is 3.02. The monoisotopic (exact) mass is 265 g/mol. The summed E-state index contributed by atoms with van der Waals surface area (Å²) in [5, 5.41) is 0. The van der Waals surface area contributed by atoms with Gasteiger partial charge in [0.15, 0.2) is 0 Å². The van der Waals surface area contributed by atoms with Crippen LogP contribution in [0.4, 0.5) is 5.69 Å². The number of rotatable bonds is 2. The molecule has 1 aliphatic heterocycles. The SMILES string of the molecule is Cc1ccc(-c2cc(C)ccc2N2CCCCC2)cc1. The number of hydrogen-bond acceptors (Lipinski definition) is 1. The second-order valence-corrected chi connectivity index (χ2v) is 5.93.